The quantitative estimate of drug-likeness (QED) is 0.489. The molecule has 1 aliphatic rings. The van der Waals surface area contributed by atoms with Gasteiger partial charge in [-0.25, -0.2) is 0 Å². The van der Waals surface area contributed by atoms with Crippen molar-refractivity contribution in [3.05, 3.63) is 20.3 Å². The largest absolute Gasteiger partial charge is 0.143 e. The second kappa shape index (κ2) is 7.47. The maximum absolute atomic E-state index is 6.74. The Labute approximate surface area is 135 Å². The Morgan fingerprint density at radius 2 is 2.05 bits per heavy atom. The minimum atomic E-state index is 0.209. The van der Waals surface area contributed by atoms with Crippen molar-refractivity contribution in [2.75, 3.05) is 0 Å². The summed E-state index contributed by atoms with van der Waals surface area (Å²) in [7, 11) is 0. The molecule has 1 unspecified atom stereocenters. The summed E-state index contributed by atoms with van der Waals surface area (Å²) >= 11 is 12.2. The van der Waals surface area contributed by atoms with Crippen LogP contribution in [-0.4, -0.2) is 0 Å². The average Bonchev–Trinajstić information content (AvgIpc) is 2.75. The van der Waals surface area contributed by atoms with Crippen LogP contribution in [0.15, 0.2) is 10.5 Å². The van der Waals surface area contributed by atoms with Gasteiger partial charge in [-0.05, 0) is 53.6 Å². The van der Waals surface area contributed by atoms with Crippen LogP contribution in [0, 0.1) is 18.8 Å². The van der Waals surface area contributed by atoms with E-state index in [-0.39, 0.29) is 5.38 Å². The monoisotopic (exact) mass is 362 g/mol. The zero-order valence-corrected chi connectivity index (χ0v) is 15.1. The number of aryl methyl sites for hydroxylation is 1. The molecule has 1 aromatic heterocycles. The molecule has 0 aliphatic heterocycles. The Hall–Kier alpha value is 0.470. The molecule has 0 nitrogen and oxygen atoms in total. The van der Waals surface area contributed by atoms with Crippen LogP contribution in [-0.2, 0) is 0 Å². The number of hydrogen-bond acceptors (Lipinski definition) is 1. The third-order valence-electron chi connectivity index (χ3n) is 4.36. The van der Waals surface area contributed by atoms with Crippen molar-refractivity contribution in [2.45, 2.75) is 64.2 Å². The Bertz CT molecular complexity index is 393. The number of unbranched alkanes of at least 4 members (excludes halogenated alkanes) is 1. The van der Waals surface area contributed by atoms with Gasteiger partial charge < -0.3 is 0 Å². The third kappa shape index (κ3) is 4.22. The molecule has 0 N–H and O–H groups in total. The molecule has 3 heteroatoms. The normalized spacial score (nSPS) is 25.5. The van der Waals surface area contributed by atoms with Gasteiger partial charge in [0.25, 0.3) is 0 Å². The van der Waals surface area contributed by atoms with E-state index in [2.05, 4.69) is 35.8 Å². The first-order valence-corrected chi connectivity index (χ1v) is 9.56. The van der Waals surface area contributed by atoms with E-state index < -0.39 is 0 Å². The predicted molar refractivity (Wildman–Crippen MR) is 90.3 cm³/mol. The number of rotatable bonds is 5. The van der Waals surface area contributed by atoms with Crippen LogP contribution < -0.4 is 0 Å². The van der Waals surface area contributed by atoms with Gasteiger partial charge >= 0.3 is 0 Å². The van der Waals surface area contributed by atoms with E-state index >= 15 is 0 Å². The number of alkyl halides is 1. The minimum Gasteiger partial charge on any atom is -0.143 e. The summed E-state index contributed by atoms with van der Waals surface area (Å²) < 4.78 is 1.21. The van der Waals surface area contributed by atoms with E-state index in [1.54, 1.807) is 0 Å². The minimum absolute atomic E-state index is 0.209. The lowest BCUT2D eigenvalue weighted by Gasteiger charge is -2.31. The van der Waals surface area contributed by atoms with E-state index in [0.29, 0.717) is 5.92 Å². The highest BCUT2D eigenvalue weighted by molar-refractivity contribution is 9.10. The summed E-state index contributed by atoms with van der Waals surface area (Å²) in [5.74, 6) is 1.64. The van der Waals surface area contributed by atoms with Gasteiger partial charge in [0.15, 0.2) is 0 Å². The predicted octanol–water partition coefficient (Wildman–Crippen LogP) is 7.10. The van der Waals surface area contributed by atoms with Gasteiger partial charge in [-0.2, -0.15) is 0 Å². The highest BCUT2D eigenvalue weighted by Crippen LogP contribution is 2.46. The van der Waals surface area contributed by atoms with Gasteiger partial charge in [0.05, 0.1) is 5.38 Å². The van der Waals surface area contributed by atoms with Crippen molar-refractivity contribution >= 4 is 38.9 Å². The van der Waals surface area contributed by atoms with Crippen LogP contribution in [0.25, 0.3) is 0 Å². The van der Waals surface area contributed by atoms with Gasteiger partial charge in [-0.15, -0.1) is 22.9 Å². The molecule has 19 heavy (non-hydrogen) atoms. The second-order valence-corrected chi connectivity index (χ2v) is 8.51. The second-order valence-electron chi connectivity index (χ2n) is 5.89. The Morgan fingerprint density at radius 3 is 2.58 bits per heavy atom. The Kier molecular flexibility index (Phi) is 6.23. The SMILES string of the molecule is CCCCC1CCC(C(Cl)c2sc(C)cc2Br)CC1. The molecule has 0 amide bonds. The summed E-state index contributed by atoms with van der Waals surface area (Å²) in [5, 5.41) is 0.209. The zero-order valence-electron chi connectivity index (χ0n) is 11.9. The molecule has 0 saturated heterocycles. The van der Waals surface area contributed by atoms with E-state index in [9.17, 15) is 0 Å². The fourth-order valence-electron chi connectivity index (χ4n) is 3.17. The van der Waals surface area contributed by atoms with Crippen LogP contribution in [0.2, 0.25) is 0 Å². The van der Waals surface area contributed by atoms with E-state index in [1.807, 2.05) is 11.3 Å². The third-order valence-corrected chi connectivity index (χ3v) is 7.11. The molecule has 1 fully saturated rings. The molecule has 1 atom stereocenters. The van der Waals surface area contributed by atoms with Gasteiger partial charge in [-0.1, -0.05) is 39.0 Å². The van der Waals surface area contributed by atoms with Gasteiger partial charge in [0, 0.05) is 14.2 Å². The van der Waals surface area contributed by atoms with Gasteiger partial charge in [0.1, 0.15) is 0 Å². The average molecular weight is 364 g/mol. The van der Waals surface area contributed by atoms with Gasteiger partial charge in [-0.3, -0.25) is 0 Å². The van der Waals surface area contributed by atoms with E-state index in [4.69, 9.17) is 11.6 Å². The van der Waals surface area contributed by atoms with Gasteiger partial charge in [0.2, 0.25) is 0 Å². The van der Waals surface area contributed by atoms with E-state index in [0.717, 1.165) is 5.92 Å². The topological polar surface area (TPSA) is 0 Å². The lowest BCUT2D eigenvalue weighted by Crippen LogP contribution is -2.17. The molecule has 0 aromatic carbocycles. The molecule has 0 bridgehead atoms. The van der Waals surface area contributed by atoms with Crippen LogP contribution in [0.1, 0.15) is 67.0 Å². The molecule has 108 valence electrons. The molecular weight excluding hydrogens is 340 g/mol. The first-order chi connectivity index (χ1) is 9.11. The fraction of sp³-hybridized carbons (Fsp3) is 0.750. The summed E-state index contributed by atoms with van der Waals surface area (Å²) in [6.07, 6.45) is 9.55. The highest BCUT2D eigenvalue weighted by atomic mass is 79.9. The summed E-state index contributed by atoms with van der Waals surface area (Å²) in [5.41, 5.74) is 0. The standard InChI is InChI=1S/C16H24BrClS/c1-3-4-5-12-6-8-13(9-7-12)15(18)16-14(17)10-11(2)19-16/h10,12-13,15H,3-9H2,1-2H3. The number of thiophene rings is 1. The smallest absolute Gasteiger partial charge is 0.0718 e. The molecule has 1 aromatic rings. The molecule has 0 radical (unpaired) electrons. The lowest BCUT2D eigenvalue weighted by atomic mass is 9.78. The van der Waals surface area contributed by atoms with Crippen molar-refractivity contribution in [3.8, 4) is 0 Å². The van der Waals surface area contributed by atoms with Crippen LogP contribution in [0.3, 0.4) is 0 Å². The summed E-state index contributed by atoms with van der Waals surface area (Å²) in [6.45, 7) is 4.45. The Balaban J connectivity index is 1.89. The van der Waals surface area contributed by atoms with E-state index in [1.165, 1.54) is 59.2 Å². The lowest BCUT2D eigenvalue weighted by molar-refractivity contribution is 0.255. The van der Waals surface area contributed by atoms with Crippen LogP contribution >= 0.6 is 38.9 Å². The maximum Gasteiger partial charge on any atom is 0.0718 e. The Morgan fingerprint density at radius 1 is 1.37 bits per heavy atom. The molecule has 1 saturated carbocycles. The molecule has 1 heterocycles. The molecule has 0 spiro atoms. The number of hydrogen-bond donors (Lipinski definition) is 0. The number of halogens is 2. The zero-order chi connectivity index (χ0) is 13.8. The first kappa shape index (κ1) is 15.9. The van der Waals surface area contributed by atoms with Crippen molar-refractivity contribution in [3.63, 3.8) is 0 Å². The summed E-state index contributed by atoms with van der Waals surface area (Å²) in [4.78, 5) is 2.69. The van der Waals surface area contributed by atoms with Crippen molar-refractivity contribution in [2.24, 2.45) is 11.8 Å². The van der Waals surface area contributed by atoms with Crippen molar-refractivity contribution in [1.29, 1.82) is 0 Å². The maximum atomic E-state index is 6.74. The summed E-state index contributed by atoms with van der Waals surface area (Å²) in [6, 6.07) is 2.20. The highest BCUT2D eigenvalue weighted by Gasteiger charge is 2.29. The molecule has 2 rings (SSSR count). The first-order valence-electron chi connectivity index (χ1n) is 7.51. The van der Waals surface area contributed by atoms with Crippen LogP contribution in [0.5, 0.6) is 0 Å². The van der Waals surface area contributed by atoms with Crippen LogP contribution in [0.4, 0.5) is 0 Å². The molecule has 1 aliphatic carbocycles. The fourth-order valence-corrected chi connectivity index (χ4v) is 5.77. The van der Waals surface area contributed by atoms with Crippen molar-refractivity contribution in [1.82, 2.24) is 0 Å². The molecular formula is C16H24BrClS. The van der Waals surface area contributed by atoms with Crippen molar-refractivity contribution < 1.29 is 0 Å².